The number of amides is 6. The fraction of sp³-hybridized carbons (Fsp3) is 0.568. The lowest BCUT2D eigenvalue weighted by Crippen LogP contribution is -2.54. The van der Waals surface area contributed by atoms with Gasteiger partial charge in [0.1, 0.15) is 12.1 Å². The molecule has 58 heavy (non-hydrogen) atoms. The van der Waals surface area contributed by atoms with Crippen molar-refractivity contribution in [3.63, 3.8) is 0 Å². The summed E-state index contributed by atoms with van der Waals surface area (Å²) in [5.41, 5.74) is 2.00. The molecule has 14 heteroatoms. The van der Waals surface area contributed by atoms with E-state index >= 15 is 0 Å². The topological polar surface area (TPSA) is 194 Å². The molecule has 4 unspecified atom stereocenters. The van der Waals surface area contributed by atoms with E-state index in [1.165, 1.54) is 9.80 Å². The first-order chi connectivity index (χ1) is 27.6. The molecule has 2 aromatic carbocycles. The van der Waals surface area contributed by atoms with Gasteiger partial charge in [-0.15, -0.1) is 0 Å². The summed E-state index contributed by atoms with van der Waals surface area (Å²) in [4.78, 5) is 93.9. The van der Waals surface area contributed by atoms with Gasteiger partial charge in [-0.2, -0.15) is 0 Å². The lowest BCUT2D eigenvalue weighted by molar-refractivity contribution is -0.142. The van der Waals surface area contributed by atoms with E-state index in [1.807, 2.05) is 18.2 Å². The number of hydrogen-bond acceptors (Lipinski definition) is 8. The van der Waals surface area contributed by atoms with Gasteiger partial charge in [-0.25, -0.2) is 0 Å². The van der Waals surface area contributed by atoms with Gasteiger partial charge in [0, 0.05) is 32.8 Å². The van der Waals surface area contributed by atoms with Gasteiger partial charge in [0.15, 0.2) is 0 Å². The summed E-state index contributed by atoms with van der Waals surface area (Å²) in [5.74, 6) is -3.45. The minimum atomic E-state index is -1.19. The first-order valence-corrected chi connectivity index (χ1v) is 20.6. The summed E-state index contributed by atoms with van der Waals surface area (Å²) in [6.45, 7) is 9.99. The quantitative estimate of drug-likeness (QED) is 0.0922. The number of nitrogens with one attached hydrogen (secondary N) is 4. The van der Waals surface area contributed by atoms with Crippen LogP contribution >= 0.6 is 0 Å². The molecule has 0 aromatic heterocycles. The van der Waals surface area contributed by atoms with E-state index in [0.717, 1.165) is 43.6 Å². The molecule has 5 N–H and O–H groups in total. The molecule has 2 aromatic rings. The molecule has 14 nitrogen and oxygen atoms in total. The first kappa shape index (κ1) is 49.0. The fourth-order valence-corrected chi connectivity index (χ4v) is 6.40. The molecule has 1 fully saturated rings. The van der Waals surface area contributed by atoms with E-state index in [0.29, 0.717) is 36.9 Å². The molecular formula is C44H66N6O8. The van der Waals surface area contributed by atoms with Crippen LogP contribution in [0.15, 0.2) is 54.6 Å². The second-order valence-electron chi connectivity index (χ2n) is 15.7. The van der Waals surface area contributed by atoms with Crippen molar-refractivity contribution >= 4 is 41.2 Å². The molecule has 1 saturated heterocycles. The highest BCUT2D eigenvalue weighted by atomic mass is 16.3. The third-order valence-electron chi connectivity index (χ3n) is 9.51. The zero-order valence-electron chi connectivity index (χ0n) is 35.5. The smallest absolute Gasteiger partial charge is 0.290 e. The van der Waals surface area contributed by atoms with Gasteiger partial charge in [0.2, 0.25) is 29.4 Å². The Morgan fingerprint density at radius 3 is 2.10 bits per heavy atom. The monoisotopic (exact) mass is 806 g/mol. The zero-order valence-corrected chi connectivity index (χ0v) is 35.5. The van der Waals surface area contributed by atoms with E-state index in [9.17, 15) is 33.6 Å². The third-order valence-corrected chi connectivity index (χ3v) is 9.51. The molecule has 3 rings (SSSR count). The summed E-state index contributed by atoms with van der Waals surface area (Å²) in [5, 5.41) is 19.2. The Morgan fingerprint density at radius 1 is 0.810 bits per heavy atom. The number of hydrogen-bond donors (Lipinski definition) is 5. The van der Waals surface area contributed by atoms with Crippen LogP contribution in [0.5, 0.6) is 0 Å². The van der Waals surface area contributed by atoms with Crippen LogP contribution in [0.4, 0.5) is 0 Å². The molecule has 1 aliphatic rings. The Labute approximate surface area is 344 Å². The minimum Gasteiger partial charge on any atom is -0.396 e. The van der Waals surface area contributed by atoms with E-state index in [1.54, 1.807) is 57.4 Å². The molecule has 0 aliphatic carbocycles. The van der Waals surface area contributed by atoms with Gasteiger partial charge in [0.05, 0.1) is 19.1 Å². The number of ketones is 1. The van der Waals surface area contributed by atoms with Crippen molar-refractivity contribution in [2.24, 2.45) is 5.92 Å². The molecule has 4 atom stereocenters. The van der Waals surface area contributed by atoms with Crippen molar-refractivity contribution in [1.29, 1.82) is 0 Å². The molecule has 320 valence electrons. The average molecular weight is 807 g/mol. The molecular weight excluding hydrogens is 741 g/mol. The van der Waals surface area contributed by atoms with Crippen molar-refractivity contribution in [3.8, 4) is 0 Å². The number of likely N-dealkylation sites (N-methyl/N-ethyl adjacent to an activating group) is 1. The van der Waals surface area contributed by atoms with Crippen LogP contribution in [-0.4, -0.2) is 109 Å². The van der Waals surface area contributed by atoms with Crippen LogP contribution in [0.3, 0.4) is 0 Å². The number of carbonyl (C=O) groups excluding carboxylic acids is 7. The van der Waals surface area contributed by atoms with Gasteiger partial charge in [-0.3, -0.25) is 33.6 Å². The Kier molecular flexibility index (Phi) is 22.0. The van der Waals surface area contributed by atoms with Crippen molar-refractivity contribution in [3.05, 3.63) is 71.3 Å². The number of aliphatic hydroxyl groups is 1. The van der Waals surface area contributed by atoms with Crippen LogP contribution in [0, 0.1) is 5.92 Å². The van der Waals surface area contributed by atoms with E-state index in [-0.39, 0.29) is 31.4 Å². The summed E-state index contributed by atoms with van der Waals surface area (Å²) >= 11 is 0. The molecule has 0 radical (unpaired) electrons. The third kappa shape index (κ3) is 16.8. The van der Waals surface area contributed by atoms with Crippen LogP contribution in [0.1, 0.15) is 126 Å². The lowest BCUT2D eigenvalue weighted by atomic mass is 9.93. The summed E-state index contributed by atoms with van der Waals surface area (Å²) < 4.78 is 0. The summed E-state index contributed by atoms with van der Waals surface area (Å²) in [6.07, 6.45) is 6.28. The number of Topliss-reactive ketones (excluding diaryl/α,β-unsaturated/α-hetero) is 1. The van der Waals surface area contributed by atoms with Crippen molar-refractivity contribution in [2.45, 2.75) is 116 Å². The highest BCUT2D eigenvalue weighted by Gasteiger charge is 2.37. The fourth-order valence-electron chi connectivity index (χ4n) is 6.40. The Hall–Kier alpha value is -5.11. The number of unbranched alkanes of at least 4 members (excludes halogenated alkanes) is 3. The van der Waals surface area contributed by atoms with E-state index in [4.69, 9.17) is 5.11 Å². The number of rotatable bonds is 21. The van der Waals surface area contributed by atoms with Crippen molar-refractivity contribution in [1.82, 2.24) is 31.1 Å². The minimum absolute atomic E-state index is 0.149. The maximum absolute atomic E-state index is 13.4. The SMILES string of the molecule is CC(C)C.CCCC(NC(=O)C1CCCN1C(=O)CNC(=O)c1cccc(C(C)CCCCCCO)c1)C(=O)C(=O)NCC(=O)NC(C(=O)N(C)C)c1ccccc1. The van der Waals surface area contributed by atoms with Gasteiger partial charge in [0.25, 0.3) is 11.8 Å². The highest BCUT2D eigenvalue weighted by molar-refractivity contribution is 6.38. The Bertz CT molecular complexity index is 1650. The number of aliphatic hydroxyl groups excluding tert-OH is 1. The lowest BCUT2D eigenvalue weighted by Gasteiger charge is -2.26. The Balaban J connectivity index is 0.00000276. The maximum Gasteiger partial charge on any atom is 0.290 e. The highest BCUT2D eigenvalue weighted by Crippen LogP contribution is 2.23. The second-order valence-corrected chi connectivity index (χ2v) is 15.7. The van der Waals surface area contributed by atoms with E-state index in [2.05, 4.69) is 49.0 Å². The van der Waals surface area contributed by atoms with Gasteiger partial charge in [-0.05, 0) is 67.2 Å². The summed E-state index contributed by atoms with van der Waals surface area (Å²) in [7, 11) is 3.11. The van der Waals surface area contributed by atoms with Crippen LogP contribution in [0.2, 0.25) is 0 Å². The molecule has 1 aliphatic heterocycles. The van der Waals surface area contributed by atoms with Crippen molar-refractivity contribution < 1.29 is 38.7 Å². The van der Waals surface area contributed by atoms with Gasteiger partial charge < -0.3 is 36.2 Å². The Morgan fingerprint density at radius 2 is 1.47 bits per heavy atom. The predicted molar refractivity (Wildman–Crippen MR) is 223 cm³/mol. The number of nitrogens with zero attached hydrogens (tertiary/aromatic N) is 2. The maximum atomic E-state index is 13.4. The number of likely N-dealkylation sites (tertiary alicyclic amines) is 1. The largest absolute Gasteiger partial charge is 0.396 e. The molecule has 0 spiro atoms. The van der Waals surface area contributed by atoms with E-state index < -0.39 is 60.0 Å². The number of benzene rings is 2. The zero-order chi connectivity index (χ0) is 43.2. The van der Waals surface area contributed by atoms with Crippen LogP contribution < -0.4 is 21.3 Å². The molecule has 6 amide bonds. The van der Waals surface area contributed by atoms with Crippen molar-refractivity contribution in [2.75, 3.05) is 40.3 Å². The van der Waals surface area contributed by atoms with Gasteiger partial charge in [-0.1, -0.05) is 103 Å². The summed E-state index contributed by atoms with van der Waals surface area (Å²) in [6, 6.07) is 12.8. The first-order valence-electron chi connectivity index (χ1n) is 20.6. The molecule has 0 bridgehead atoms. The van der Waals surface area contributed by atoms with Crippen LogP contribution in [-0.2, 0) is 28.8 Å². The average Bonchev–Trinajstić information content (AvgIpc) is 3.71. The second kappa shape index (κ2) is 26.0. The van der Waals surface area contributed by atoms with Gasteiger partial charge >= 0.3 is 0 Å². The normalized spacial score (nSPS) is 14.9. The molecule has 0 saturated carbocycles. The molecule has 1 heterocycles. The van der Waals surface area contributed by atoms with Crippen LogP contribution in [0.25, 0.3) is 0 Å². The predicted octanol–water partition coefficient (Wildman–Crippen LogP) is 4.03. The number of carbonyl (C=O) groups is 7. The standard InChI is InChI=1S/C40H56N6O8.C4H10/c1-5-15-31(36(50)39(53)41-25-33(48)44-35(40(54)45(3)4)28-17-10-8-11-18-28)43-38(52)32-21-14-22-46(32)34(49)26-42-37(51)30-20-13-19-29(24-30)27(2)16-9-6-7-12-23-47;1-4(2)3/h8,10-11,13,17-20,24,27,31-32,35,47H,5-7,9,12,14-16,21-23,25-26H2,1-4H3,(H,41,53)(H,42,51)(H,43,52)(H,44,48);4H,1-3H3.